The number of piperidine rings is 1. The monoisotopic (exact) mass is 541 g/mol. The van der Waals surface area contributed by atoms with Crippen LogP contribution in [-0.4, -0.2) is 63.8 Å². The summed E-state index contributed by atoms with van der Waals surface area (Å²) in [5.41, 5.74) is 0.824. The normalized spacial score (nSPS) is 14.9. The minimum absolute atomic E-state index is 0. The van der Waals surface area contributed by atoms with Gasteiger partial charge >= 0.3 is 12.6 Å². The van der Waals surface area contributed by atoms with Gasteiger partial charge in [0.1, 0.15) is 0 Å². The van der Waals surface area contributed by atoms with E-state index in [1.165, 1.54) is 14.2 Å². The van der Waals surface area contributed by atoms with Gasteiger partial charge in [-0.05, 0) is 43.9 Å². The number of guanidine groups is 1. The Morgan fingerprint density at radius 1 is 1.27 bits per heavy atom. The summed E-state index contributed by atoms with van der Waals surface area (Å²) in [4.78, 5) is 18.5. The maximum Gasteiger partial charge on any atom is 0.387 e. The van der Waals surface area contributed by atoms with Gasteiger partial charge < -0.3 is 24.4 Å². The van der Waals surface area contributed by atoms with Crippen LogP contribution in [0.3, 0.4) is 0 Å². The minimum Gasteiger partial charge on any atom is -0.493 e. The van der Waals surface area contributed by atoms with Crippen LogP contribution in [0.25, 0.3) is 0 Å². The first kappa shape index (κ1) is 26.2. The molecular formula is C20H30F2IN3O4. The summed E-state index contributed by atoms with van der Waals surface area (Å²) in [6.45, 7) is 1.74. The maximum absolute atomic E-state index is 12.6. The Kier molecular flexibility index (Phi) is 11.7. The summed E-state index contributed by atoms with van der Waals surface area (Å²) in [5, 5.41) is 3.27. The van der Waals surface area contributed by atoms with Crippen LogP contribution in [0.1, 0.15) is 25.3 Å². The van der Waals surface area contributed by atoms with Crippen molar-refractivity contribution in [3.05, 3.63) is 23.8 Å². The van der Waals surface area contributed by atoms with Gasteiger partial charge in [-0.2, -0.15) is 8.78 Å². The van der Waals surface area contributed by atoms with Gasteiger partial charge in [-0.25, -0.2) is 0 Å². The molecule has 0 aliphatic carbocycles. The third kappa shape index (κ3) is 7.77. The number of methoxy groups -OCH3 is 2. The van der Waals surface area contributed by atoms with Crippen molar-refractivity contribution in [2.45, 2.75) is 32.8 Å². The quantitative estimate of drug-likeness (QED) is 0.236. The molecule has 0 unspecified atom stereocenters. The van der Waals surface area contributed by atoms with E-state index in [2.05, 4.69) is 19.9 Å². The van der Waals surface area contributed by atoms with Crippen LogP contribution in [0, 0.1) is 5.92 Å². The Labute approximate surface area is 193 Å². The number of rotatable bonds is 8. The van der Waals surface area contributed by atoms with Crippen molar-refractivity contribution < 1.29 is 27.8 Å². The second-order valence-electron chi connectivity index (χ2n) is 6.63. The van der Waals surface area contributed by atoms with Crippen LogP contribution >= 0.6 is 24.0 Å². The molecule has 7 nitrogen and oxygen atoms in total. The van der Waals surface area contributed by atoms with E-state index in [0.717, 1.165) is 44.0 Å². The Balaban J connectivity index is 0.00000450. The highest BCUT2D eigenvalue weighted by Crippen LogP contribution is 2.29. The highest BCUT2D eigenvalue weighted by molar-refractivity contribution is 14.0. The van der Waals surface area contributed by atoms with Crippen molar-refractivity contribution in [3.63, 3.8) is 0 Å². The predicted molar refractivity (Wildman–Crippen MR) is 121 cm³/mol. The molecule has 2 rings (SSSR count). The summed E-state index contributed by atoms with van der Waals surface area (Å²) in [5.74, 6) is 0.841. The van der Waals surface area contributed by atoms with Crippen LogP contribution in [0.15, 0.2) is 23.2 Å². The molecule has 1 aromatic rings. The second kappa shape index (κ2) is 13.5. The molecule has 0 aromatic heterocycles. The van der Waals surface area contributed by atoms with E-state index in [9.17, 15) is 13.6 Å². The third-order valence-corrected chi connectivity index (χ3v) is 4.77. The van der Waals surface area contributed by atoms with Crippen LogP contribution < -0.4 is 14.8 Å². The Bertz CT molecular complexity index is 699. The van der Waals surface area contributed by atoms with Crippen molar-refractivity contribution in [3.8, 4) is 11.5 Å². The fourth-order valence-corrected chi connectivity index (χ4v) is 3.28. The standard InChI is InChI=1S/C20H29F2N3O4.HI/c1-4-23-20(25-11-8-15(9-12-25)18(26)28-3)24-10-7-14-5-6-16(27-2)17(13-14)29-19(21)22;/h5-6,13,15,19H,4,7-12H2,1-3H3,(H,23,24);1H. The molecule has 0 amide bonds. The molecule has 1 heterocycles. The van der Waals surface area contributed by atoms with Crippen molar-refractivity contribution >= 4 is 35.9 Å². The van der Waals surface area contributed by atoms with Gasteiger partial charge in [0.15, 0.2) is 17.5 Å². The second-order valence-corrected chi connectivity index (χ2v) is 6.63. The van der Waals surface area contributed by atoms with Crippen LogP contribution in [-0.2, 0) is 16.0 Å². The summed E-state index contributed by atoms with van der Waals surface area (Å²) in [6, 6.07) is 4.97. The lowest BCUT2D eigenvalue weighted by molar-refractivity contribution is -0.146. The Morgan fingerprint density at radius 2 is 1.97 bits per heavy atom. The van der Waals surface area contributed by atoms with Gasteiger partial charge in [0.05, 0.1) is 20.1 Å². The smallest absolute Gasteiger partial charge is 0.387 e. The van der Waals surface area contributed by atoms with E-state index in [-0.39, 0.29) is 47.4 Å². The molecule has 170 valence electrons. The molecule has 30 heavy (non-hydrogen) atoms. The van der Waals surface area contributed by atoms with Crippen molar-refractivity contribution in [1.82, 2.24) is 10.2 Å². The number of halogens is 3. The SMILES string of the molecule is CCNC(=NCCc1ccc(OC)c(OC(F)F)c1)N1CCC(C(=O)OC)CC1.I. The van der Waals surface area contributed by atoms with Crippen molar-refractivity contribution in [2.75, 3.05) is 40.4 Å². The minimum atomic E-state index is -2.91. The Morgan fingerprint density at radius 3 is 2.53 bits per heavy atom. The molecule has 1 fully saturated rings. The van der Waals surface area contributed by atoms with E-state index in [1.54, 1.807) is 12.1 Å². The lowest BCUT2D eigenvalue weighted by atomic mass is 9.97. The van der Waals surface area contributed by atoms with Gasteiger partial charge in [0, 0.05) is 26.2 Å². The Hall–Kier alpha value is -1.85. The first-order chi connectivity index (χ1) is 14.0. The topological polar surface area (TPSA) is 72.4 Å². The zero-order valence-corrected chi connectivity index (χ0v) is 19.9. The molecule has 0 spiro atoms. The number of carbonyl (C=O) groups excluding carboxylic acids is 1. The van der Waals surface area contributed by atoms with Crippen LogP contribution in [0.4, 0.5) is 8.78 Å². The van der Waals surface area contributed by atoms with E-state index in [1.807, 2.05) is 13.0 Å². The van der Waals surface area contributed by atoms with Gasteiger partial charge in [0.25, 0.3) is 0 Å². The molecule has 1 N–H and O–H groups in total. The van der Waals surface area contributed by atoms with Gasteiger partial charge in [-0.1, -0.05) is 6.07 Å². The molecule has 10 heteroatoms. The summed E-state index contributed by atoms with van der Waals surface area (Å²) in [6.07, 6.45) is 2.02. The number of hydrogen-bond donors (Lipinski definition) is 1. The highest BCUT2D eigenvalue weighted by Gasteiger charge is 2.26. The number of likely N-dealkylation sites (tertiary alicyclic amines) is 1. The zero-order chi connectivity index (χ0) is 21.2. The van der Waals surface area contributed by atoms with E-state index >= 15 is 0 Å². The number of ether oxygens (including phenoxy) is 3. The van der Waals surface area contributed by atoms with Gasteiger partial charge in [-0.3, -0.25) is 9.79 Å². The van der Waals surface area contributed by atoms with Crippen molar-refractivity contribution in [1.29, 1.82) is 0 Å². The van der Waals surface area contributed by atoms with Crippen molar-refractivity contribution in [2.24, 2.45) is 10.9 Å². The molecule has 0 bridgehead atoms. The molecule has 0 radical (unpaired) electrons. The molecule has 1 aliphatic heterocycles. The number of aliphatic imine (C=N–C) groups is 1. The molecular weight excluding hydrogens is 511 g/mol. The fraction of sp³-hybridized carbons (Fsp3) is 0.600. The molecule has 1 aromatic carbocycles. The largest absolute Gasteiger partial charge is 0.493 e. The van der Waals surface area contributed by atoms with E-state index in [4.69, 9.17) is 9.47 Å². The van der Waals surface area contributed by atoms with Crippen LogP contribution in [0.2, 0.25) is 0 Å². The lowest BCUT2D eigenvalue weighted by Crippen LogP contribution is -2.46. The molecule has 0 saturated carbocycles. The number of esters is 1. The summed E-state index contributed by atoms with van der Waals surface area (Å²) in [7, 11) is 2.82. The average Bonchev–Trinajstić information content (AvgIpc) is 2.72. The first-order valence-electron chi connectivity index (χ1n) is 9.71. The predicted octanol–water partition coefficient (Wildman–Crippen LogP) is 3.31. The summed E-state index contributed by atoms with van der Waals surface area (Å²) < 4.78 is 39.6. The first-order valence-corrected chi connectivity index (χ1v) is 9.71. The van der Waals surface area contributed by atoms with Crippen LogP contribution in [0.5, 0.6) is 11.5 Å². The number of carbonyl (C=O) groups is 1. The fourth-order valence-electron chi connectivity index (χ4n) is 3.28. The molecule has 1 saturated heterocycles. The molecule has 0 atom stereocenters. The number of nitrogens with one attached hydrogen (secondary N) is 1. The van der Waals surface area contributed by atoms with E-state index in [0.29, 0.717) is 13.0 Å². The zero-order valence-electron chi connectivity index (χ0n) is 17.5. The average molecular weight is 541 g/mol. The summed E-state index contributed by atoms with van der Waals surface area (Å²) >= 11 is 0. The van der Waals surface area contributed by atoms with E-state index < -0.39 is 6.61 Å². The lowest BCUT2D eigenvalue weighted by Gasteiger charge is -2.33. The number of benzene rings is 1. The number of hydrogen-bond acceptors (Lipinski definition) is 5. The number of alkyl halides is 2. The van der Waals surface area contributed by atoms with Gasteiger partial charge in [0.2, 0.25) is 0 Å². The number of nitrogens with zero attached hydrogens (tertiary/aromatic N) is 2. The van der Waals surface area contributed by atoms with Gasteiger partial charge in [-0.15, -0.1) is 24.0 Å². The highest BCUT2D eigenvalue weighted by atomic mass is 127. The maximum atomic E-state index is 12.6. The molecule has 1 aliphatic rings. The third-order valence-electron chi connectivity index (χ3n) is 4.77.